The van der Waals surface area contributed by atoms with Crippen LogP contribution in [0.4, 0.5) is 0 Å². The van der Waals surface area contributed by atoms with Crippen LogP contribution in [0, 0.1) is 0 Å². The monoisotopic (exact) mass is 484 g/mol. The minimum absolute atomic E-state index is 0.347. The van der Waals surface area contributed by atoms with E-state index >= 15 is 0 Å². The smallest absolute Gasteiger partial charge is 0.284 e. The van der Waals surface area contributed by atoms with Crippen molar-refractivity contribution in [3.63, 3.8) is 0 Å². The summed E-state index contributed by atoms with van der Waals surface area (Å²) in [6.07, 6.45) is 0. The van der Waals surface area contributed by atoms with Gasteiger partial charge in [0.1, 0.15) is 0 Å². The number of hydrogen-bond donors (Lipinski definition) is 1. The molecule has 8 heteroatoms. The highest BCUT2D eigenvalue weighted by atomic mass is 79.9. The van der Waals surface area contributed by atoms with Crippen molar-refractivity contribution in [2.75, 3.05) is 0 Å². The molecule has 0 aliphatic carbocycles. The van der Waals surface area contributed by atoms with E-state index in [1.54, 1.807) is 18.2 Å². The summed E-state index contributed by atoms with van der Waals surface area (Å²) in [5, 5.41) is 0. The second kappa shape index (κ2) is 4.73. The van der Waals surface area contributed by atoms with Crippen molar-refractivity contribution in [2.45, 2.75) is 2.57 Å². The van der Waals surface area contributed by atoms with E-state index in [0.29, 0.717) is 14.5 Å². The molecule has 0 aliphatic rings. The number of benzene rings is 1. The average Bonchev–Trinajstić information content (AvgIpc) is 2.07. The summed E-state index contributed by atoms with van der Waals surface area (Å²) in [5.74, 6) is 0. The summed E-state index contributed by atoms with van der Waals surface area (Å²) in [7, 11) is -4.31. The minimum Gasteiger partial charge on any atom is -0.284 e. The Morgan fingerprint density at radius 1 is 1.20 bits per heavy atom. The van der Waals surface area contributed by atoms with Gasteiger partial charge in [0.15, 0.2) is 0 Å². The Balaban J connectivity index is 3.47. The molecule has 0 heterocycles. The van der Waals surface area contributed by atoms with Crippen molar-refractivity contribution in [2.24, 2.45) is 0 Å². The maximum absolute atomic E-state index is 11.1. The molecular formula is C7H4Br4O3S. The summed E-state index contributed by atoms with van der Waals surface area (Å²) >= 11 is 12.3. The van der Waals surface area contributed by atoms with Crippen LogP contribution in [0.15, 0.2) is 27.1 Å². The molecule has 1 rings (SSSR count). The molecule has 1 N–H and O–H groups in total. The molecule has 0 saturated heterocycles. The standard InChI is InChI=1S/C7H4Br4O3S/c8-5-3-1-2-4(6(5)9)7(10,11)15(12,13)14/h1-3H,(H,12,13,14). The fourth-order valence-electron chi connectivity index (χ4n) is 0.868. The van der Waals surface area contributed by atoms with Crippen LogP contribution < -0.4 is 0 Å². The number of alkyl halides is 2. The van der Waals surface area contributed by atoms with E-state index < -0.39 is 12.7 Å². The molecule has 1 aromatic carbocycles. The molecule has 0 unspecified atom stereocenters. The third-order valence-corrected chi connectivity index (χ3v) is 7.81. The van der Waals surface area contributed by atoms with Crippen LogP contribution in [-0.2, 0) is 12.7 Å². The average molecular weight is 488 g/mol. The molecule has 0 saturated carbocycles. The zero-order valence-electron chi connectivity index (χ0n) is 6.92. The zero-order valence-corrected chi connectivity index (χ0v) is 14.1. The largest absolute Gasteiger partial charge is 0.295 e. The van der Waals surface area contributed by atoms with E-state index in [-0.39, 0.29) is 0 Å². The van der Waals surface area contributed by atoms with Crippen LogP contribution in [0.25, 0.3) is 0 Å². The van der Waals surface area contributed by atoms with Crippen molar-refractivity contribution in [3.8, 4) is 0 Å². The van der Waals surface area contributed by atoms with Gasteiger partial charge in [-0.2, -0.15) is 8.42 Å². The Morgan fingerprint density at radius 2 is 1.73 bits per heavy atom. The molecule has 0 bridgehead atoms. The topological polar surface area (TPSA) is 54.4 Å². The van der Waals surface area contributed by atoms with Crippen molar-refractivity contribution >= 4 is 73.8 Å². The SMILES string of the molecule is O=S(=O)(O)C(Br)(Br)c1cccc(Br)c1Br. The van der Waals surface area contributed by atoms with Crippen molar-refractivity contribution < 1.29 is 13.0 Å². The highest BCUT2D eigenvalue weighted by Gasteiger charge is 2.41. The second-order valence-corrected chi connectivity index (χ2v) is 10.3. The van der Waals surface area contributed by atoms with E-state index in [2.05, 4.69) is 63.7 Å². The van der Waals surface area contributed by atoms with E-state index in [4.69, 9.17) is 4.55 Å². The first-order valence-corrected chi connectivity index (χ1v) is 8.08. The number of hydrogen-bond acceptors (Lipinski definition) is 2. The van der Waals surface area contributed by atoms with Gasteiger partial charge in [-0.1, -0.05) is 12.1 Å². The van der Waals surface area contributed by atoms with Gasteiger partial charge in [0.25, 0.3) is 10.1 Å². The third kappa shape index (κ3) is 2.84. The molecule has 0 amide bonds. The normalized spacial score (nSPS) is 12.9. The highest BCUT2D eigenvalue weighted by Crippen LogP contribution is 2.47. The lowest BCUT2D eigenvalue weighted by atomic mass is 10.2. The molecule has 0 atom stereocenters. The van der Waals surface area contributed by atoms with E-state index in [1.807, 2.05) is 0 Å². The van der Waals surface area contributed by atoms with E-state index in [9.17, 15) is 8.42 Å². The Labute approximate surface area is 121 Å². The molecule has 0 aromatic heterocycles. The maximum atomic E-state index is 11.1. The van der Waals surface area contributed by atoms with Crippen LogP contribution >= 0.6 is 63.7 Å². The van der Waals surface area contributed by atoms with Gasteiger partial charge >= 0.3 is 0 Å². The quantitative estimate of drug-likeness (QED) is 0.507. The zero-order chi connectivity index (χ0) is 11.9. The Kier molecular flexibility index (Phi) is 4.45. The van der Waals surface area contributed by atoms with Gasteiger partial charge in [0, 0.05) is 14.5 Å². The van der Waals surface area contributed by atoms with Gasteiger partial charge in [0.05, 0.1) is 0 Å². The first-order valence-electron chi connectivity index (χ1n) is 3.47. The summed E-state index contributed by atoms with van der Waals surface area (Å²) < 4.78 is 30.9. The van der Waals surface area contributed by atoms with Crippen molar-refractivity contribution in [1.29, 1.82) is 0 Å². The van der Waals surface area contributed by atoms with Gasteiger partial charge in [0.2, 0.25) is 2.57 Å². The lowest BCUT2D eigenvalue weighted by Crippen LogP contribution is -2.22. The molecule has 0 aliphatic heterocycles. The molecule has 0 spiro atoms. The summed E-state index contributed by atoms with van der Waals surface area (Å²) in [6.45, 7) is 0. The molecule has 84 valence electrons. The van der Waals surface area contributed by atoms with Gasteiger partial charge in [-0.25, -0.2) is 0 Å². The van der Waals surface area contributed by atoms with Crippen molar-refractivity contribution in [1.82, 2.24) is 0 Å². The summed E-state index contributed by atoms with van der Waals surface area (Å²) in [4.78, 5) is 0. The van der Waals surface area contributed by atoms with Gasteiger partial charge in [-0.05, 0) is 69.8 Å². The maximum Gasteiger partial charge on any atom is 0.295 e. The van der Waals surface area contributed by atoms with Gasteiger partial charge in [-0.3, -0.25) is 4.55 Å². The lowest BCUT2D eigenvalue weighted by molar-refractivity contribution is 0.479. The van der Waals surface area contributed by atoms with Crippen LogP contribution in [0.5, 0.6) is 0 Å². The first-order chi connectivity index (χ1) is 6.68. The summed E-state index contributed by atoms with van der Waals surface area (Å²) in [5.41, 5.74) is 0.347. The van der Waals surface area contributed by atoms with E-state index in [0.717, 1.165) is 0 Å². The molecule has 0 fully saturated rings. The minimum atomic E-state index is -4.31. The Morgan fingerprint density at radius 3 is 2.20 bits per heavy atom. The second-order valence-electron chi connectivity index (χ2n) is 2.59. The Bertz CT molecular complexity index is 483. The van der Waals surface area contributed by atoms with E-state index in [1.165, 1.54) is 0 Å². The lowest BCUT2D eigenvalue weighted by Gasteiger charge is -2.19. The number of rotatable bonds is 2. The molecule has 15 heavy (non-hydrogen) atoms. The third-order valence-electron chi connectivity index (χ3n) is 1.59. The fourth-order valence-corrected chi connectivity index (χ4v) is 3.57. The molecule has 1 aromatic rings. The molecule has 3 nitrogen and oxygen atoms in total. The Hall–Kier alpha value is 1.05. The van der Waals surface area contributed by atoms with Crippen LogP contribution in [-0.4, -0.2) is 13.0 Å². The van der Waals surface area contributed by atoms with Crippen LogP contribution in [0.2, 0.25) is 0 Å². The van der Waals surface area contributed by atoms with Gasteiger partial charge in [-0.15, -0.1) is 0 Å². The fraction of sp³-hybridized carbons (Fsp3) is 0.143. The molecular weight excluding hydrogens is 484 g/mol. The summed E-state index contributed by atoms with van der Waals surface area (Å²) in [6, 6.07) is 4.96. The van der Waals surface area contributed by atoms with Crippen LogP contribution in [0.3, 0.4) is 0 Å². The molecule has 0 radical (unpaired) electrons. The highest BCUT2D eigenvalue weighted by molar-refractivity contribution is 9.27. The van der Waals surface area contributed by atoms with Crippen LogP contribution in [0.1, 0.15) is 5.56 Å². The first kappa shape index (κ1) is 14.1. The predicted molar refractivity (Wildman–Crippen MR) is 72.9 cm³/mol. The van der Waals surface area contributed by atoms with Gasteiger partial charge < -0.3 is 0 Å². The number of halogens is 4. The van der Waals surface area contributed by atoms with Crippen molar-refractivity contribution in [3.05, 3.63) is 32.7 Å². The predicted octanol–water partition coefficient (Wildman–Crippen LogP) is 4.00.